The smallest absolute Gasteiger partial charge is 0.0578 e. The van der Waals surface area contributed by atoms with Crippen molar-refractivity contribution in [1.29, 1.82) is 0 Å². The Morgan fingerprint density at radius 3 is 1.85 bits per heavy atom. The van der Waals surface area contributed by atoms with Crippen LogP contribution in [-0.4, -0.2) is 36.1 Å². The second kappa shape index (κ2) is 11.8. The van der Waals surface area contributed by atoms with E-state index >= 15 is 0 Å². The highest BCUT2D eigenvalue weighted by Gasteiger charge is 2.40. The molecular formula is C22H38Br2O2. The fourth-order valence-corrected chi connectivity index (χ4v) is 6.62. The maximum Gasteiger partial charge on any atom is 0.0578 e. The van der Waals surface area contributed by atoms with Crippen LogP contribution in [0.5, 0.6) is 0 Å². The van der Waals surface area contributed by atoms with Crippen molar-refractivity contribution >= 4 is 31.9 Å². The molecule has 0 heterocycles. The van der Waals surface area contributed by atoms with E-state index in [9.17, 15) is 0 Å². The van der Waals surface area contributed by atoms with Gasteiger partial charge in [0.2, 0.25) is 0 Å². The van der Waals surface area contributed by atoms with Crippen LogP contribution in [0, 0.1) is 23.7 Å². The number of rotatable bonds is 9. The highest BCUT2D eigenvalue weighted by molar-refractivity contribution is 9.09. The molecule has 3 unspecified atom stereocenters. The Morgan fingerprint density at radius 2 is 1.19 bits per heavy atom. The Morgan fingerprint density at radius 1 is 0.615 bits per heavy atom. The topological polar surface area (TPSA) is 18.5 Å². The van der Waals surface area contributed by atoms with Crippen LogP contribution in [0.3, 0.4) is 0 Å². The first kappa shape index (κ1) is 21.6. The molecule has 0 amide bonds. The molecule has 0 spiro atoms. The van der Waals surface area contributed by atoms with E-state index in [2.05, 4.69) is 31.9 Å². The zero-order valence-electron chi connectivity index (χ0n) is 16.4. The van der Waals surface area contributed by atoms with E-state index in [0.29, 0.717) is 12.2 Å². The maximum atomic E-state index is 6.15. The molecule has 2 nitrogen and oxygen atoms in total. The summed E-state index contributed by atoms with van der Waals surface area (Å²) >= 11 is 7.01. The van der Waals surface area contributed by atoms with E-state index in [0.717, 1.165) is 47.5 Å². The van der Waals surface area contributed by atoms with Crippen molar-refractivity contribution in [3.05, 3.63) is 0 Å². The molecule has 3 rings (SSSR count). The molecule has 0 aromatic heterocycles. The predicted molar refractivity (Wildman–Crippen MR) is 116 cm³/mol. The van der Waals surface area contributed by atoms with Crippen molar-refractivity contribution in [3.63, 3.8) is 0 Å². The van der Waals surface area contributed by atoms with Gasteiger partial charge >= 0.3 is 0 Å². The van der Waals surface area contributed by atoms with Gasteiger partial charge < -0.3 is 9.47 Å². The summed E-state index contributed by atoms with van der Waals surface area (Å²) in [5.74, 6) is 3.82. The van der Waals surface area contributed by atoms with Crippen molar-refractivity contribution in [3.8, 4) is 0 Å². The van der Waals surface area contributed by atoms with Gasteiger partial charge in [-0.3, -0.25) is 0 Å². The van der Waals surface area contributed by atoms with E-state index in [1.54, 1.807) is 0 Å². The summed E-state index contributed by atoms with van der Waals surface area (Å²) in [6, 6.07) is 0. The van der Waals surface area contributed by atoms with Crippen molar-refractivity contribution < 1.29 is 9.47 Å². The number of ether oxygens (including phenoxy) is 2. The van der Waals surface area contributed by atoms with Gasteiger partial charge in [0.15, 0.2) is 0 Å². The number of hydrogen-bond donors (Lipinski definition) is 0. The van der Waals surface area contributed by atoms with E-state index in [-0.39, 0.29) is 0 Å². The van der Waals surface area contributed by atoms with Gasteiger partial charge in [0, 0.05) is 10.7 Å². The molecule has 0 N–H and O–H groups in total. The van der Waals surface area contributed by atoms with Crippen LogP contribution in [0.2, 0.25) is 0 Å². The maximum absolute atomic E-state index is 6.15. The summed E-state index contributed by atoms with van der Waals surface area (Å²) < 4.78 is 12.2. The van der Waals surface area contributed by atoms with Gasteiger partial charge in [-0.15, -0.1) is 0 Å². The lowest BCUT2D eigenvalue weighted by Gasteiger charge is -2.44. The van der Waals surface area contributed by atoms with Crippen molar-refractivity contribution in [2.45, 2.75) is 89.3 Å². The van der Waals surface area contributed by atoms with Crippen LogP contribution in [0.15, 0.2) is 0 Å². The lowest BCUT2D eigenvalue weighted by atomic mass is 9.63. The van der Waals surface area contributed by atoms with Gasteiger partial charge in [0.1, 0.15) is 0 Å². The van der Waals surface area contributed by atoms with Crippen LogP contribution in [0.1, 0.15) is 77.0 Å². The quantitative estimate of drug-likeness (QED) is 0.331. The normalized spacial score (nSPS) is 34.8. The second-order valence-electron chi connectivity index (χ2n) is 8.83. The molecule has 0 saturated heterocycles. The molecule has 3 aliphatic rings. The Bertz CT molecular complexity index is 378. The molecule has 4 heteroatoms. The molecule has 152 valence electrons. The summed E-state index contributed by atoms with van der Waals surface area (Å²) in [4.78, 5) is 0. The first-order valence-corrected chi connectivity index (χ1v) is 13.4. The van der Waals surface area contributed by atoms with Gasteiger partial charge in [-0.2, -0.15) is 0 Å². The lowest BCUT2D eigenvalue weighted by Crippen LogP contribution is -2.37. The molecule has 0 radical (unpaired) electrons. The highest BCUT2D eigenvalue weighted by atomic mass is 79.9. The van der Waals surface area contributed by atoms with Crippen LogP contribution in [0.4, 0.5) is 0 Å². The molecule has 3 fully saturated rings. The van der Waals surface area contributed by atoms with E-state index in [1.807, 2.05) is 0 Å². The average molecular weight is 494 g/mol. The predicted octanol–water partition coefficient (Wildman–Crippen LogP) is 6.73. The summed E-state index contributed by atoms with van der Waals surface area (Å²) in [6.45, 7) is 1.75. The molecule has 0 aliphatic heterocycles. The molecule has 3 aliphatic carbocycles. The fourth-order valence-electron chi connectivity index (χ4n) is 6.24. The van der Waals surface area contributed by atoms with Crippen LogP contribution >= 0.6 is 31.9 Å². The minimum atomic E-state index is 0.522. The number of alkyl halides is 2. The van der Waals surface area contributed by atoms with Crippen molar-refractivity contribution in [1.82, 2.24) is 0 Å². The molecule has 3 saturated carbocycles. The summed E-state index contributed by atoms with van der Waals surface area (Å²) in [7, 11) is 0. The Balaban J connectivity index is 1.58. The monoisotopic (exact) mass is 492 g/mol. The summed E-state index contributed by atoms with van der Waals surface area (Å²) in [5.41, 5.74) is 0. The highest BCUT2D eigenvalue weighted by Crippen LogP contribution is 2.48. The molecule has 0 aromatic rings. The fraction of sp³-hybridized carbons (Fsp3) is 1.00. The molecular weight excluding hydrogens is 456 g/mol. The molecule has 0 bridgehead atoms. The third-order valence-electron chi connectivity index (χ3n) is 7.28. The summed E-state index contributed by atoms with van der Waals surface area (Å²) in [6.07, 6.45) is 17.8. The first-order chi connectivity index (χ1) is 12.8. The van der Waals surface area contributed by atoms with Gasteiger partial charge in [-0.05, 0) is 68.6 Å². The molecule has 0 aromatic carbocycles. The third-order valence-corrected chi connectivity index (χ3v) is 7.93. The van der Waals surface area contributed by atoms with Crippen LogP contribution in [0.25, 0.3) is 0 Å². The van der Waals surface area contributed by atoms with E-state index in [4.69, 9.17) is 9.47 Å². The van der Waals surface area contributed by atoms with Gasteiger partial charge in [-0.1, -0.05) is 64.0 Å². The Hall–Kier alpha value is 0.880. The van der Waals surface area contributed by atoms with Crippen LogP contribution < -0.4 is 0 Å². The van der Waals surface area contributed by atoms with Gasteiger partial charge in [0.05, 0.1) is 25.4 Å². The minimum Gasteiger partial charge on any atom is -0.377 e. The second-order valence-corrected chi connectivity index (χ2v) is 10.4. The Labute approximate surface area is 177 Å². The molecule has 3 atom stereocenters. The van der Waals surface area contributed by atoms with E-state index in [1.165, 1.54) is 77.0 Å². The van der Waals surface area contributed by atoms with Gasteiger partial charge in [0.25, 0.3) is 0 Å². The first-order valence-electron chi connectivity index (χ1n) is 11.2. The minimum absolute atomic E-state index is 0.522. The van der Waals surface area contributed by atoms with Crippen molar-refractivity contribution in [2.75, 3.05) is 23.9 Å². The summed E-state index contributed by atoms with van der Waals surface area (Å²) in [5, 5.41) is 1.94. The lowest BCUT2D eigenvalue weighted by molar-refractivity contribution is -0.0250. The zero-order chi connectivity index (χ0) is 18.2. The van der Waals surface area contributed by atoms with E-state index < -0.39 is 0 Å². The molecule has 26 heavy (non-hydrogen) atoms. The number of hydrogen-bond acceptors (Lipinski definition) is 2. The average Bonchev–Trinajstić information content (AvgIpc) is 3.20. The SMILES string of the molecule is BrCCOC1CCC(C(C2CCCC2)C2CCCC(OCCBr)C2)CC1. The third kappa shape index (κ3) is 6.19. The van der Waals surface area contributed by atoms with Gasteiger partial charge in [-0.25, -0.2) is 0 Å². The standard InChI is InChI=1S/C22H38Br2O2/c23-12-14-25-20-10-8-18(9-11-20)22(17-4-1-2-5-17)19-6-3-7-21(16-19)26-15-13-24/h17-22H,1-16H2. The zero-order valence-corrected chi connectivity index (χ0v) is 19.5. The van der Waals surface area contributed by atoms with Crippen LogP contribution in [-0.2, 0) is 9.47 Å². The van der Waals surface area contributed by atoms with Crippen molar-refractivity contribution in [2.24, 2.45) is 23.7 Å². The Kier molecular flexibility index (Phi) is 9.78. The number of halogens is 2. The largest absolute Gasteiger partial charge is 0.377 e.